The number of benzene rings is 2. The standard InChI is InChI=1S/C32H40Cl2N4O4S/c1-4-38-16-12-25-19-29(36-43(39,40)31-7-5-6-26(33)22(31)2)32(35-28(25)13-17-38)42-21-24-8-9-27(34)30(18-24)41-20-23-10-14-37(3)15-11-23/h5-9,18-19,23,36H,4,10-17,20-21H2,1-3H3. The van der Waals surface area contributed by atoms with Crippen LogP contribution >= 0.6 is 23.2 Å². The summed E-state index contributed by atoms with van der Waals surface area (Å²) in [7, 11) is -1.82. The van der Waals surface area contributed by atoms with Crippen LogP contribution in [-0.4, -0.2) is 69.6 Å². The molecule has 0 atom stereocenters. The van der Waals surface area contributed by atoms with Crippen LogP contribution in [0.3, 0.4) is 0 Å². The molecular weight excluding hydrogens is 607 g/mol. The Balaban J connectivity index is 1.38. The number of sulfonamides is 1. The van der Waals surface area contributed by atoms with Crippen molar-refractivity contribution in [1.29, 1.82) is 0 Å². The number of halogens is 2. The van der Waals surface area contributed by atoms with Gasteiger partial charge in [0.2, 0.25) is 5.88 Å². The number of nitrogens with one attached hydrogen (secondary N) is 1. The SMILES string of the molecule is CCN1CCc2cc(NS(=O)(=O)c3cccc(Cl)c3C)c(OCc3ccc(Cl)c(OCC4CCN(C)CC4)c3)nc2CC1. The first-order valence-electron chi connectivity index (χ1n) is 14.9. The fraction of sp³-hybridized carbons (Fsp3) is 0.469. The van der Waals surface area contributed by atoms with Crippen LogP contribution in [0.15, 0.2) is 47.4 Å². The van der Waals surface area contributed by atoms with Crippen molar-refractivity contribution in [3.05, 3.63) is 74.9 Å². The van der Waals surface area contributed by atoms with Crippen LogP contribution in [-0.2, 0) is 29.5 Å². The monoisotopic (exact) mass is 646 g/mol. The minimum absolute atomic E-state index is 0.113. The van der Waals surface area contributed by atoms with Gasteiger partial charge in [-0.25, -0.2) is 13.4 Å². The molecule has 0 spiro atoms. The molecule has 2 aliphatic rings. The van der Waals surface area contributed by atoms with Gasteiger partial charge in [-0.05, 0) is 106 Å². The number of piperidine rings is 1. The third-order valence-corrected chi connectivity index (χ3v) is 10.6. The summed E-state index contributed by atoms with van der Waals surface area (Å²) in [6, 6.07) is 12.3. The van der Waals surface area contributed by atoms with Crippen LogP contribution in [0.1, 0.15) is 42.1 Å². The van der Waals surface area contributed by atoms with Crippen LogP contribution in [0.4, 0.5) is 5.69 Å². The van der Waals surface area contributed by atoms with Crippen molar-refractivity contribution >= 4 is 38.9 Å². The van der Waals surface area contributed by atoms with Crippen LogP contribution in [0.2, 0.25) is 10.0 Å². The highest BCUT2D eigenvalue weighted by Crippen LogP contribution is 2.33. The number of fused-ring (bicyclic) bond motifs is 1. The Morgan fingerprint density at radius 1 is 1.00 bits per heavy atom. The van der Waals surface area contributed by atoms with Crippen molar-refractivity contribution in [2.24, 2.45) is 5.92 Å². The van der Waals surface area contributed by atoms with Crippen LogP contribution < -0.4 is 14.2 Å². The van der Waals surface area contributed by atoms with Gasteiger partial charge in [-0.15, -0.1) is 0 Å². The molecule has 43 heavy (non-hydrogen) atoms. The third-order valence-electron chi connectivity index (χ3n) is 8.40. The molecule has 5 rings (SSSR count). The van der Waals surface area contributed by atoms with Gasteiger partial charge < -0.3 is 19.3 Å². The zero-order chi connectivity index (χ0) is 30.6. The summed E-state index contributed by atoms with van der Waals surface area (Å²) < 4.78 is 42.2. The minimum Gasteiger partial charge on any atom is -0.492 e. The number of anilines is 1. The van der Waals surface area contributed by atoms with E-state index in [0.717, 1.165) is 75.2 Å². The molecule has 0 unspecified atom stereocenters. The number of hydrogen-bond acceptors (Lipinski definition) is 7. The lowest BCUT2D eigenvalue weighted by Gasteiger charge is -2.28. The summed E-state index contributed by atoms with van der Waals surface area (Å²) in [5.41, 5.74) is 3.56. The summed E-state index contributed by atoms with van der Waals surface area (Å²) >= 11 is 12.7. The van der Waals surface area contributed by atoms with E-state index in [2.05, 4.69) is 28.5 Å². The van der Waals surface area contributed by atoms with Gasteiger partial charge in [-0.3, -0.25) is 4.72 Å². The maximum atomic E-state index is 13.5. The Labute approximate surface area is 265 Å². The predicted octanol–water partition coefficient (Wildman–Crippen LogP) is 6.22. The van der Waals surface area contributed by atoms with E-state index in [4.69, 9.17) is 37.7 Å². The van der Waals surface area contributed by atoms with Gasteiger partial charge in [-0.1, -0.05) is 42.3 Å². The fourth-order valence-electron chi connectivity index (χ4n) is 5.58. The number of pyridine rings is 1. The second kappa shape index (κ2) is 14.0. The maximum Gasteiger partial charge on any atom is 0.262 e. The molecule has 0 radical (unpaired) electrons. The van der Waals surface area contributed by atoms with Gasteiger partial charge in [0.1, 0.15) is 18.0 Å². The largest absolute Gasteiger partial charge is 0.492 e. The van der Waals surface area contributed by atoms with Gasteiger partial charge in [-0.2, -0.15) is 0 Å². The average Bonchev–Trinajstić information content (AvgIpc) is 3.19. The van der Waals surface area contributed by atoms with Crippen molar-refractivity contribution < 1.29 is 17.9 Å². The van der Waals surface area contributed by atoms with Crippen LogP contribution in [0, 0.1) is 12.8 Å². The highest BCUT2D eigenvalue weighted by atomic mass is 35.5. The predicted molar refractivity (Wildman–Crippen MR) is 172 cm³/mol. The summed E-state index contributed by atoms with van der Waals surface area (Å²) in [5, 5.41) is 0.932. The highest BCUT2D eigenvalue weighted by Gasteiger charge is 2.24. The summed E-state index contributed by atoms with van der Waals surface area (Å²) in [6.07, 6.45) is 3.74. The smallest absolute Gasteiger partial charge is 0.262 e. The maximum absolute atomic E-state index is 13.5. The van der Waals surface area contributed by atoms with E-state index in [1.807, 2.05) is 18.2 Å². The number of likely N-dealkylation sites (tertiary alicyclic amines) is 1. The lowest BCUT2D eigenvalue weighted by atomic mass is 9.98. The third kappa shape index (κ3) is 7.94. The normalized spacial score (nSPS) is 16.9. The number of likely N-dealkylation sites (N-methyl/N-ethyl adjacent to an activating group) is 1. The van der Waals surface area contributed by atoms with Crippen molar-refractivity contribution in [3.63, 3.8) is 0 Å². The summed E-state index contributed by atoms with van der Waals surface area (Å²) in [5.74, 6) is 1.35. The number of ether oxygens (including phenoxy) is 2. The van der Waals surface area contributed by atoms with E-state index in [1.165, 1.54) is 0 Å². The van der Waals surface area contributed by atoms with Crippen molar-refractivity contribution in [2.45, 2.75) is 51.0 Å². The fourth-order valence-corrected chi connectivity index (χ4v) is 7.29. The molecule has 1 fully saturated rings. The van der Waals surface area contributed by atoms with Gasteiger partial charge in [0, 0.05) is 30.2 Å². The molecule has 2 aliphatic heterocycles. The van der Waals surface area contributed by atoms with Crippen molar-refractivity contribution in [2.75, 3.05) is 51.1 Å². The second-order valence-corrected chi connectivity index (χ2v) is 13.9. The van der Waals surface area contributed by atoms with Crippen LogP contribution in [0.5, 0.6) is 11.6 Å². The summed E-state index contributed by atoms with van der Waals surface area (Å²) in [6.45, 7) is 9.48. The molecular formula is C32H40Cl2N4O4S. The molecule has 0 amide bonds. The lowest BCUT2D eigenvalue weighted by molar-refractivity contribution is 0.160. The van der Waals surface area contributed by atoms with Gasteiger partial charge in [0.05, 0.1) is 16.5 Å². The molecule has 1 saturated heterocycles. The first-order valence-corrected chi connectivity index (χ1v) is 17.1. The molecule has 11 heteroatoms. The Morgan fingerprint density at radius 2 is 1.77 bits per heavy atom. The summed E-state index contributed by atoms with van der Waals surface area (Å²) in [4.78, 5) is 9.67. The first-order chi connectivity index (χ1) is 20.6. The van der Waals surface area contributed by atoms with E-state index < -0.39 is 10.0 Å². The Hall–Kier alpha value is -2.56. The molecule has 1 N–H and O–H groups in total. The lowest BCUT2D eigenvalue weighted by Crippen LogP contribution is -2.32. The number of aromatic nitrogens is 1. The van der Waals surface area contributed by atoms with Gasteiger partial charge in [0.25, 0.3) is 10.0 Å². The molecule has 3 heterocycles. The molecule has 0 bridgehead atoms. The Kier molecular flexibility index (Phi) is 10.4. The average molecular weight is 648 g/mol. The van der Waals surface area contributed by atoms with Gasteiger partial charge >= 0.3 is 0 Å². The first kappa shape index (κ1) is 31.9. The number of hydrogen-bond donors (Lipinski definition) is 1. The number of rotatable bonds is 10. The molecule has 8 nitrogen and oxygen atoms in total. The molecule has 1 aromatic heterocycles. The Morgan fingerprint density at radius 3 is 2.53 bits per heavy atom. The van der Waals surface area contributed by atoms with Crippen LogP contribution in [0.25, 0.3) is 0 Å². The quantitative estimate of drug-likeness (QED) is 0.280. The minimum atomic E-state index is -3.96. The molecule has 0 aliphatic carbocycles. The van der Waals surface area contributed by atoms with E-state index in [-0.39, 0.29) is 17.4 Å². The number of nitrogens with zero attached hydrogens (tertiary/aromatic N) is 3. The molecule has 3 aromatic rings. The van der Waals surface area contributed by atoms with Gasteiger partial charge in [0.15, 0.2) is 0 Å². The zero-order valence-corrected chi connectivity index (χ0v) is 27.4. The zero-order valence-electron chi connectivity index (χ0n) is 25.0. The molecule has 232 valence electrons. The van der Waals surface area contributed by atoms with Crippen molar-refractivity contribution in [1.82, 2.24) is 14.8 Å². The second-order valence-electron chi connectivity index (χ2n) is 11.5. The van der Waals surface area contributed by atoms with E-state index >= 15 is 0 Å². The van der Waals surface area contributed by atoms with E-state index in [9.17, 15) is 8.42 Å². The van der Waals surface area contributed by atoms with E-state index in [0.29, 0.717) is 39.6 Å². The highest BCUT2D eigenvalue weighted by molar-refractivity contribution is 7.92. The Bertz CT molecular complexity index is 1540. The van der Waals surface area contributed by atoms with Crippen molar-refractivity contribution in [3.8, 4) is 11.6 Å². The molecule has 0 saturated carbocycles. The van der Waals surface area contributed by atoms with E-state index in [1.54, 1.807) is 31.2 Å². The molecule has 2 aromatic carbocycles. The topological polar surface area (TPSA) is 84.0 Å².